The maximum absolute atomic E-state index is 12.9. The Labute approximate surface area is 130 Å². The molecule has 0 saturated heterocycles. The SMILES string of the molecule is CCC(CC)(CNC(=O)CC(C)c1ccc(F)cc1)C(=O)O. The molecule has 1 aromatic carbocycles. The molecule has 5 heteroatoms. The summed E-state index contributed by atoms with van der Waals surface area (Å²) in [5, 5.41) is 12.1. The van der Waals surface area contributed by atoms with Crippen LogP contribution in [0.1, 0.15) is 51.5 Å². The number of carbonyl (C=O) groups excluding carboxylic acids is 1. The number of carbonyl (C=O) groups is 2. The molecule has 0 aliphatic carbocycles. The van der Waals surface area contributed by atoms with Gasteiger partial charge in [0.25, 0.3) is 0 Å². The van der Waals surface area contributed by atoms with E-state index in [1.54, 1.807) is 12.1 Å². The molecule has 122 valence electrons. The molecule has 0 aliphatic heterocycles. The van der Waals surface area contributed by atoms with E-state index in [4.69, 9.17) is 0 Å². The topological polar surface area (TPSA) is 66.4 Å². The molecule has 1 rings (SSSR count). The Hall–Kier alpha value is -1.91. The van der Waals surface area contributed by atoms with Gasteiger partial charge in [0.2, 0.25) is 5.91 Å². The Morgan fingerprint density at radius 3 is 2.23 bits per heavy atom. The van der Waals surface area contributed by atoms with E-state index in [0.717, 1.165) is 5.56 Å². The van der Waals surface area contributed by atoms with Crippen molar-refractivity contribution in [3.8, 4) is 0 Å². The summed E-state index contributed by atoms with van der Waals surface area (Å²) in [5.41, 5.74) is -0.0265. The van der Waals surface area contributed by atoms with Crippen molar-refractivity contribution in [2.45, 2.75) is 46.0 Å². The van der Waals surface area contributed by atoms with Crippen molar-refractivity contribution in [2.24, 2.45) is 5.41 Å². The summed E-state index contributed by atoms with van der Waals surface area (Å²) in [6.45, 7) is 5.64. The summed E-state index contributed by atoms with van der Waals surface area (Å²) in [5.74, 6) is -1.44. The van der Waals surface area contributed by atoms with E-state index in [9.17, 15) is 19.1 Å². The minimum atomic E-state index is -0.908. The van der Waals surface area contributed by atoms with Crippen molar-refractivity contribution in [1.29, 1.82) is 0 Å². The third kappa shape index (κ3) is 4.55. The largest absolute Gasteiger partial charge is 0.481 e. The van der Waals surface area contributed by atoms with E-state index >= 15 is 0 Å². The van der Waals surface area contributed by atoms with E-state index in [-0.39, 0.29) is 30.6 Å². The summed E-state index contributed by atoms with van der Waals surface area (Å²) >= 11 is 0. The molecule has 0 saturated carbocycles. The molecule has 0 radical (unpaired) electrons. The molecular formula is C17H24FNO3. The Morgan fingerprint density at radius 1 is 1.23 bits per heavy atom. The van der Waals surface area contributed by atoms with Crippen molar-refractivity contribution in [1.82, 2.24) is 5.32 Å². The lowest BCUT2D eigenvalue weighted by atomic mass is 9.82. The highest BCUT2D eigenvalue weighted by Gasteiger charge is 2.35. The van der Waals surface area contributed by atoms with Gasteiger partial charge in [0.1, 0.15) is 5.82 Å². The molecule has 0 bridgehead atoms. The molecular weight excluding hydrogens is 285 g/mol. The molecule has 0 aliphatic rings. The Morgan fingerprint density at radius 2 is 1.77 bits per heavy atom. The maximum atomic E-state index is 12.9. The highest BCUT2D eigenvalue weighted by Crippen LogP contribution is 2.26. The lowest BCUT2D eigenvalue weighted by Crippen LogP contribution is -2.42. The predicted molar refractivity (Wildman–Crippen MR) is 83.1 cm³/mol. The first-order valence-electron chi connectivity index (χ1n) is 7.60. The lowest BCUT2D eigenvalue weighted by Gasteiger charge is -2.27. The fourth-order valence-corrected chi connectivity index (χ4v) is 2.41. The smallest absolute Gasteiger partial charge is 0.311 e. The Balaban J connectivity index is 2.59. The number of hydrogen-bond donors (Lipinski definition) is 2. The fourth-order valence-electron chi connectivity index (χ4n) is 2.41. The number of hydrogen-bond acceptors (Lipinski definition) is 2. The van der Waals surface area contributed by atoms with Gasteiger partial charge in [0.05, 0.1) is 5.41 Å². The third-order valence-electron chi connectivity index (χ3n) is 4.36. The van der Waals surface area contributed by atoms with Gasteiger partial charge in [-0.05, 0) is 36.5 Å². The fraction of sp³-hybridized carbons (Fsp3) is 0.529. The van der Waals surface area contributed by atoms with Gasteiger partial charge in [0, 0.05) is 13.0 Å². The van der Waals surface area contributed by atoms with Crippen LogP contribution in [0.25, 0.3) is 0 Å². The number of halogens is 1. The molecule has 1 atom stereocenters. The van der Waals surface area contributed by atoms with E-state index in [2.05, 4.69) is 5.32 Å². The van der Waals surface area contributed by atoms with Crippen LogP contribution in [-0.4, -0.2) is 23.5 Å². The van der Waals surface area contributed by atoms with Crippen LogP contribution in [0.5, 0.6) is 0 Å². The highest BCUT2D eigenvalue weighted by molar-refractivity contribution is 5.79. The van der Waals surface area contributed by atoms with Gasteiger partial charge in [0.15, 0.2) is 0 Å². The first-order chi connectivity index (χ1) is 10.3. The number of benzene rings is 1. The number of rotatable bonds is 8. The standard InChI is InChI=1S/C17H24FNO3/c1-4-17(5-2,16(21)22)11-19-15(20)10-12(3)13-6-8-14(18)9-7-13/h6-9,12H,4-5,10-11H2,1-3H3,(H,19,20)(H,21,22). The van der Waals surface area contributed by atoms with Crippen LogP contribution in [0.15, 0.2) is 24.3 Å². The molecule has 0 heterocycles. The summed E-state index contributed by atoms with van der Waals surface area (Å²) in [7, 11) is 0. The van der Waals surface area contributed by atoms with Crippen molar-refractivity contribution in [3.05, 3.63) is 35.6 Å². The zero-order chi connectivity index (χ0) is 16.8. The average Bonchev–Trinajstić information content (AvgIpc) is 2.49. The number of nitrogens with one attached hydrogen (secondary N) is 1. The van der Waals surface area contributed by atoms with E-state index in [0.29, 0.717) is 12.8 Å². The molecule has 1 amide bonds. The van der Waals surface area contributed by atoms with Crippen LogP contribution in [0, 0.1) is 11.2 Å². The summed E-state index contributed by atoms with van der Waals surface area (Å²) in [6.07, 6.45) is 1.17. The third-order valence-corrected chi connectivity index (χ3v) is 4.36. The minimum absolute atomic E-state index is 0.0527. The number of aliphatic carboxylic acids is 1. The average molecular weight is 309 g/mol. The van der Waals surface area contributed by atoms with Gasteiger partial charge < -0.3 is 10.4 Å². The molecule has 2 N–H and O–H groups in total. The van der Waals surface area contributed by atoms with Gasteiger partial charge in [-0.2, -0.15) is 0 Å². The summed E-state index contributed by atoms with van der Waals surface area (Å²) in [6, 6.07) is 6.06. The van der Waals surface area contributed by atoms with Gasteiger partial charge in [-0.1, -0.05) is 32.9 Å². The van der Waals surface area contributed by atoms with Gasteiger partial charge in [-0.25, -0.2) is 4.39 Å². The monoisotopic (exact) mass is 309 g/mol. The van der Waals surface area contributed by atoms with Crippen LogP contribution in [0.4, 0.5) is 4.39 Å². The zero-order valence-electron chi connectivity index (χ0n) is 13.4. The van der Waals surface area contributed by atoms with Crippen LogP contribution in [0.3, 0.4) is 0 Å². The predicted octanol–water partition coefficient (Wildman–Crippen LogP) is 3.33. The van der Waals surface area contributed by atoms with E-state index in [1.807, 2.05) is 20.8 Å². The molecule has 4 nitrogen and oxygen atoms in total. The Bertz CT molecular complexity index is 509. The minimum Gasteiger partial charge on any atom is -0.481 e. The number of carboxylic acid groups (broad SMARTS) is 1. The summed E-state index contributed by atoms with van der Waals surface area (Å²) in [4.78, 5) is 23.4. The molecule has 22 heavy (non-hydrogen) atoms. The second-order valence-corrected chi connectivity index (χ2v) is 5.73. The first kappa shape index (κ1) is 18.1. The summed E-state index contributed by atoms with van der Waals surface area (Å²) < 4.78 is 12.9. The van der Waals surface area contributed by atoms with Gasteiger partial charge in [-0.15, -0.1) is 0 Å². The molecule has 1 unspecified atom stereocenters. The number of carboxylic acids is 1. The van der Waals surface area contributed by atoms with Crippen molar-refractivity contribution < 1.29 is 19.1 Å². The van der Waals surface area contributed by atoms with Crippen molar-refractivity contribution in [2.75, 3.05) is 6.54 Å². The Kier molecular flexibility index (Phi) is 6.53. The van der Waals surface area contributed by atoms with Gasteiger partial charge >= 0.3 is 5.97 Å². The molecule has 0 aromatic heterocycles. The van der Waals surface area contributed by atoms with Crippen molar-refractivity contribution in [3.63, 3.8) is 0 Å². The van der Waals surface area contributed by atoms with Gasteiger partial charge in [-0.3, -0.25) is 9.59 Å². The van der Waals surface area contributed by atoms with Crippen LogP contribution < -0.4 is 5.32 Å². The zero-order valence-corrected chi connectivity index (χ0v) is 13.4. The molecule has 1 aromatic rings. The van der Waals surface area contributed by atoms with E-state index in [1.165, 1.54) is 12.1 Å². The lowest BCUT2D eigenvalue weighted by molar-refractivity contribution is -0.149. The second kappa shape index (κ2) is 7.92. The van der Waals surface area contributed by atoms with Crippen LogP contribution in [-0.2, 0) is 9.59 Å². The van der Waals surface area contributed by atoms with E-state index < -0.39 is 11.4 Å². The first-order valence-corrected chi connectivity index (χ1v) is 7.60. The van der Waals surface area contributed by atoms with Crippen LogP contribution in [0.2, 0.25) is 0 Å². The molecule has 0 fully saturated rings. The number of amides is 1. The second-order valence-electron chi connectivity index (χ2n) is 5.73. The van der Waals surface area contributed by atoms with Crippen molar-refractivity contribution >= 4 is 11.9 Å². The quantitative estimate of drug-likeness (QED) is 0.774. The highest BCUT2D eigenvalue weighted by atomic mass is 19.1. The van der Waals surface area contributed by atoms with Crippen LogP contribution >= 0.6 is 0 Å². The normalized spacial score (nSPS) is 12.7. The molecule has 0 spiro atoms. The maximum Gasteiger partial charge on any atom is 0.311 e.